The van der Waals surface area contributed by atoms with Crippen LogP contribution in [0.25, 0.3) is 0 Å². The molecule has 0 amide bonds. The molecule has 1 aromatic rings. The third kappa shape index (κ3) is 1.45. The molecule has 1 aliphatic rings. The number of rotatable bonds is 2. The van der Waals surface area contributed by atoms with Gasteiger partial charge >= 0.3 is 0 Å². The number of carbonyl (C=O) groups excluding carboxylic acids is 2. The summed E-state index contributed by atoms with van der Waals surface area (Å²) >= 11 is 0. The van der Waals surface area contributed by atoms with Crippen LogP contribution < -0.4 is 5.32 Å². The number of hydrogen-bond donors (Lipinski definition) is 2. The Bertz CT molecular complexity index is 426. The molecule has 2 N–H and O–H groups in total. The highest BCUT2D eigenvalue weighted by Gasteiger charge is 2.32. The van der Waals surface area contributed by atoms with Crippen LogP contribution in [0.2, 0.25) is 0 Å². The lowest BCUT2D eigenvalue weighted by Crippen LogP contribution is -2.11. The molecule has 4 nitrogen and oxygen atoms in total. The Morgan fingerprint density at radius 3 is 2.13 bits per heavy atom. The summed E-state index contributed by atoms with van der Waals surface area (Å²) in [5.41, 5.74) is 0.923. The van der Waals surface area contributed by atoms with Crippen LogP contribution >= 0.6 is 0 Å². The third-order valence-electron chi connectivity index (χ3n) is 2.24. The molecule has 0 heterocycles. The molecule has 0 radical (unpaired) electrons. The van der Waals surface area contributed by atoms with Gasteiger partial charge in [-0.05, 0) is 0 Å². The van der Waals surface area contributed by atoms with Gasteiger partial charge in [-0.2, -0.15) is 0 Å². The smallest absolute Gasteiger partial charge is 0.199 e. The maximum absolute atomic E-state index is 11.7. The van der Waals surface area contributed by atoms with E-state index in [1.54, 1.807) is 24.3 Å². The fourth-order valence-electron chi connectivity index (χ4n) is 1.55. The summed E-state index contributed by atoms with van der Waals surface area (Å²) in [5, 5.41) is 11.0. The van der Waals surface area contributed by atoms with Gasteiger partial charge in [-0.25, -0.2) is 0 Å². The Hall–Kier alpha value is -1.94. The summed E-state index contributed by atoms with van der Waals surface area (Å²) in [7, 11) is 0. The lowest BCUT2D eigenvalue weighted by Gasteiger charge is -1.94. The average molecular weight is 203 g/mol. The molecule has 0 unspecified atom stereocenters. The molecule has 0 spiro atoms. The molecule has 0 bridgehead atoms. The summed E-state index contributed by atoms with van der Waals surface area (Å²) in [6, 6.07) is 6.67. The maximum atomic E-state index is 11.7. The van der Waals surface area contributed by atoms with Crippen molar-refractivity contribution >= 4 is 11.6 Å². The van der Waals surface area contributed by atoms with Crippen LogP contribution in [0.15, 0.2) is 36.0 Å². The molecule has 4 heteroatoms. The normalized spacial score (nSPS) is 14.1. The van der Waals surface area contributed by atoms with Gasteiger partial charge in [-0.1, -0.05) is 24.3 Å². The van der Waals surface area contributed by atoms with E-state index in [1.807, 2.05) is 0 Å². The second-order valence-electron chi connectivity index (χ2n) is 3.12. The van der Waals surface area contributed by atoms with E-state index in [2.05, 4.69) is 5.32 Å². The Balaban J connectivity index is 2.46. The maximum Gasteiger partial charge on any atom is 0.199 e. The Morgan fingerprint density at radius 2 is 1.67 bits per heavy atom. The van der Waals surface area contributed by atoms with E-state index in [1.165, 1.54) is 6.20 Å². The number of ketones is 2. The van der Waals surface area contributed by atoms with E-state index >= 15 is 0 Å². The Labute approximate surface area is 86.2 Å². The zero-order valence-electron chi connectivity index (χ0n) is 7.86. The minimum Gasteiger partial charge on any atom is -0.377 e. The third-order valence-corrected chi connectivity index (χ3v) is 2.24. The summed E-state index contributed by atoms with van der Waals surface area (Å²) in [5.74, 6) is -0.590. The van der Waals surface area contributed by atoms with Crippen molar-refractivity contribution in [2.24, 2.45) is 0 Å². The van der Waals surface area contributed by atoms with Gasteiger partial charge in [0.25, 0.3) is 0 Å². The van der Waals surface area contributed by atoms with Crippen LogP contribution in [-0.4, -0.2) is 23.4 Å². The zero-order valence-corrected chi connectivity index (χ0v) is 7.86. The highest BCUT2D eigenvalue weighted by atomic mass is 16.3. The van der Waals surface area contributed by atoms with Gasteiger partial charge in [0.1, 0.15) is 6.73 Å². The van der Waals surface area contributed by atoms with Crippen LogP contribution in [0.1, 0.15) is 20.7 Å². The highest BCUT2D eigenvalue weighted by Crippen LogP contribution is 2.25. The van der Waals surface area contributed by atoms with Gasteiger partial charge in [0.15, 0.2) is 11.6 Å². The number of aliphatic hydroxyl groups is 1. The van der Waals surface area contributed by atoms with E-state index in [4.69, 9.17) is 5.11 Å². The largest absolute Gasteiger partial charge is 0.377 e. The van der Waals surface area contributed by atoms with Crippen LogP contribution in [-0.2, 0) is 0 Å². The number of hydrogen-bond acceptors (Lipinski definition) is 4. The Morgan fingerprint density at radius 1 is 1.13 bits per heavy atom. The summed E-state index contributed by atoms with van der Waals surface area (Å²) < 4.78 is 0. The number of fused-ring (bicyclic) bond motifs is 1. The fourth-order valence-corrected chi connectivity index (χ4v) is 1.55. The second-order valence-corrected chi connectivity index (χ2v) is 3.12. The molecular weight excluding hydrogens is 194 g/mol. The molecule has 0 fully saturated rings. The van der Waals surface area contributed by atoms with Crippen LogP contribution in [0, 0.1) is 0 Å². The number of benzene rings is 1. The first-order chi connectivity index (χ1) is 7.25. The highest BCUT2D eigenvalue weighted by molar-refractivity contribution is 6.39. The molecule has 0 atom stereocenters. The first kappa shape index (κ1) is 9.61. The minimum atomic E-state index is -0.305. The van der Waals surface area contributed by atoms with Gasteiger partial charge in [-0.3, -0.25) is 9.59 Å². The zero-order chi connectivity index (χ0) is 10.8. The van der Waals surface area contributed by atoms with E-state index in [0.717, 1.165) is 0 Å². The van der Waals surface area contributed by atoms with E-state index in [9.17, 15) is 9.59 Å². The molecular formula is C11H9NO3. The van der Waals surface area contributed by atoms with Crippen molar-refractivity contribution in [3.05, 3.63) is 47.2 Å². The predicted molar refractivity (Wildman–Crippen MR) is 53.4 cm³/mol. The molecule has 0 aliphatic heterocycles. The van der Waals surface area contributed by atoms with Crippen LogP contribution in [0.3, 0.4) is 0 Å². The summed E-state index contributed by atoms with van der Waals surface area (Å²) in [6.07, 6.45) is 1.25. The number of nitrogens with one attached hydrogen (secondary N) is 1. The summed E-state index contributed by atoms with van der Waals surface area (Å²) in [4.78, 5) is 23.4. The van der Waals surface area contributed by atoms with Crippen molar-refractivity contribution in [1.82, 2.24) is 5.32 Å². The molecule has 76 valence electrons. The molecule has 15 heavy (non-hydrogen) atoms. The number of aliphatic hydroxyl groups excluding tert-OH is 1. The quantitative estimate of drug-likeness (QED) is 0.417. The standard InChI is InChI=1S/C11H9NO3/c13-6-12-5-9-10(14)7-3-1-2-4-8(7)11(9)15/h1-5,12-13H,6H2. The van der Waals surface area contributed by atoms with Crippen molar-refractivity contribution in [3.8, 4) is 0 Å². The topological polar surface area (TPSA) is 66.4 Å². The molecule has 0 aromatic heterocycles. The second kappa shape index (κ2) is 3.67. The van der Waals surface area contributed by atoms with Gasteiger partial charge in [0, 0.05) is 17.3 Å². The monoisotopic (exact) mass is 203 g/mol. The van der Waals surface area contributed by atoms with Crippen molar-refractivity contribution in [2.45, 2.75) is 0 Å². The van der Waals surface area contributed by atoms with E-state index < -0.39 is 0 Å². The lowest BCUT2D eigenvalue weighted by molar-refractivity contribution is 0.0987. The summed E-state index contributed by atoms with van der Waals surface area (Å²) in [6.45, 7) is -0.305. The average Bonchev–Trinajstić information content (AvgIpc) is 2.51. The fraction of sp³-hybridized carbons (Fsp3) is 0.0909. The van der Waals surface area contributed by atoms with Crippen molar-refractivity contribution in [3.63, 3.8) is 0 Å². The van der Waals surface area contributed by atoms with E-state index in [0.29, 0.717) is 11.1 Å². The molecule has 0 saturated carbocycles. The van der Waals surface area contributed by atoms with E-state index in [-0.39, 0.29) is 23.9 Å². The minimum absolute atomic E-state index is 0.0743. The Kier molecular flexibility index (Phi) is 2.35. The van der Waals surface area contributed by atoms with Gasteiger partial charge < -0.3 is 10.4 Å². The van der Waals surface area contributed by atoms with Gasteiger partial charge in [0.2, 0.25) is 0 Å². The molecule has 2 rings (SSSR count). The number of allylic oxidation sites excluding steroid dienone is 1. The van der Waals surface area contributed by atoms with Crippen LogP contribution in [0.5, 0.6) is 0 Å². The van der Waals surface area contributed by atoms with Crippen molar-refractivity contribution < 1.29 is 14.7 Å². The predicted octanol–water partition coefficient (Wildman–Crippen LogP) is 0.489. The number of Topliss-reactive ketones (excluding diaryl/α,β-unsaturated/α-hetero) is 2. The first-order valence-electron chi connectivity index (χ1n) is 4.48. The number of carbonyl (C=O) groups is 2. The van der Waals surface area contributed by atoms with Crippen LogP contribution in [0.4, 0.5) is 0 Å². The molecule has 0 saturated heterocycles. The molecule has 1 aliphatic carbocycles. The SMILES string of the molecule is O=C1C(=CNCO)C(=O)c2ccccc21. The first-order valence-corrected chi connectivity index (χ1v) is 4.48. The van der Waals surface area contributed by atoms with Crippen molar-refractivity contribution in [1.29, 1.82) is 0 Å². The van der Waals surface area contributed by atoms with Crippen molar-refractivity contribution in [2.75, 3.05) is 6.73 Å². The van der Waals surface area contributed by atoms with Gasteiger partial charge in [0.05, 0.1) is 5.57 Å². The lowest BCUT2D eigenvalue weighted by atomic mass is 10.1. The molecule has 1 aromatic carbocycles. The van der Waals surface area contributed by atoms with Gasteiger partial charge in [-0.15, -0.1) is 0 Å².